The van der Waals surface area contributed by atoms with Gasteiger partial charge in [0.1, 0.15) is 0 Å². The monoisotopic (exact) mass is 327 g/mol. The van der Waals surface area contributed by atoms with Crippen molar-refractivity contribution in [2.24, 2.45) is 0 Å². The van der Waals surface area contributed by atoms with Gasteiger partial charge in [0.05, 0.1) is 23.3 Å². The minimum Gasteiger partial charge on any atom is -0.346 e. The van der Waals surface area contributed by atoms with Crippen LogP contribution in [0.1, 0.15) is 27.8 Å². The maximum atomic E-state index is 12.5. The molecule has 0 bridgehead atoms. The number of fused-ring (bicyclic) bond motifs is 1. The zero-order valence-corrected chi connectivity index (χ0v) is 13.2. The molecule has 0 spiro atoms. The van der Waals surface area contributed by atoms with Gasteiger partial charge in [-0.15, -0.1) is 0 Å². The van der Waals surface area contributed by atoms with Crippen LogP contribution in [0.2, 0.25) is 5.02 Å². The Morgan fingerprint density at radius 1 is 1.26 bits per heavy atom. The molecule has 1 N–H and O–H groups in total. The van der Waals surface area contributed by atoms with Gasteiger partial charge in [0.15, 0.2) is 0 Å². The zero-order valence-electron chi connectivity index (χ0n) is 12.4. The van der Waals surface area contributed by atoms with E-state index < -0.39 is 0 Å². The number of halogens is 1. The van der Waals surface area contributed by atoms with E-state index in [2.05, 4.69) is 10.3 Å². The molecule has 0 aliphatic heterocycles. The average molecular weight is 328 g/mol. The molecule has 0 atom stereocenters. The molecule has 0 saturated carbocycles. The van der Waals surface area contributed by atoms with Gasteiger partial charge in [-0.05, 0) is 24.3 Å². The maximum absolute atomic E-state index is 12.5. The van der Waals surface area contributed by atoms with Crippen molar-refractivity contribution in [2.75, 3.05) is 0 Å². The highest BCUT2D eigenvalue weighted by Crippen LogP contribution is 2.25. The van der Waals surface area contributed by atoms with Crippen molar-refractivity contribution in [3.05, 3.63) is 65.1 Å². The summed E-state index contributed by atoms with van der Waals surface area (Å²) >= 11 is 5.99. The molecule has 2 aromatic heterocycles. The van der Waals surface area contributed by atoms with E-state index in [1.54, 1.807) is 24.4 Å². The number of rotatable bonds is 3. The highest BCUT2D eigenvalue weighted by molar-refractivity contribution is 6.31. The summed E-state index contributed by atoms with van der Waals surface area (Å²) in [5, 5.41) is 4.01. The van der Waals surface area contributed by atoms with E-state index in [9.17, 15) is 9.59 Å². The van der Waals surface area contributed by atoms with Crippen molar-refractivity contribution in [3.8, 4) is 0 Å². The summed E-state index contributed by atoms with van der Waals surface area (Å²) in [5.74, 6) is -0.441. The van der Waals surface area contributed by atoms with E-state index in [4.69, 9.17) is 11.6 Å². The van der Waals surface area contributed by atoms with E-state index in [1.165, 1.54) is 17.7 Å². The summed E-state index contributed by atoms with van der Waals surface area (Å²) < 4.78 is 1.43. The molecule has 6 heteroatoms. The molecule has 3 aromatic rings. The first-order valence-corrected chi connectivity index (χ1v) is 7.43. The summed E-state index contributed by atoms with van der Waals surface area (Å²) in [6, 6.07) is 10.6. The van der Waals surface area contributed by atoms with E-state index in [0.29, 0.717) is 28.0 Å². The number of pyridine rings is 1. The van der Waals surface area contributed by atoms with Crippen molar-refractivity contribution in [2.45, 2.75) is 13.5 Å². The Kier molecular flexibility index (Phi) is 4.12. The number of nitrogens with one attached hydrogen (secondary N) is 1. The van der Waals surface area contributed by atoms with Crippen LogP contribution in [0.25, 0.3) is 10.9 Å². The van der Waals surface area contributed by atoms with Crippen LogP contribution >= 0.6 is 11.6 Å². The number of hydrogen-bond donors (Lipinski definition) is 1. The van der Waals surface area contributed by atoms with Crippen molar-refractivity contribution in [1.29, 1.82) is 0 Å². The SMILES string of the molecule is CC(=O)n1cc(C(=O)NCc2ccccn2)c2ccc(Cl)cc21. The molecule has 5 nitrogen and oxygen atoms in total. The average Bonchev–Trinajstić information content (AvgIpc) is 2.92. The molecule has 116 valence electrons. The van der Waals surface area contributed by atoms with Gasteiger partial charge in [0.25, 0.3) is 5.91 Å². The number of hydrogen-bond acceptors (Lipinski definition) is 3. The third-order valence-corrected chi connectivity index (χ3v) is 3.74. The fraction of sp³-hybridized carbons (Fsp3) is 0.118. The van der Waals surface area contributed by atoms with Crippen LogP contribution in [0.3, 0.4) is 0 Å². The second-order valence-electron chi connectivity index (χ2n) is 5.10. The topological polar surface area (TPSA) is 64.0 Å². The third-order valence-electron chi connectivity index (χ3n) is 3.51. The van der Waals surface area contributed by atoms with Crippen LogP contribution in [0, 0.1) is 0 Å². The van der Waals surface area contributed by atoms with E-state index in [0.717, 1.165) is 5.69 Å². The van der Waals surface area contributed by atoms with Gasteiger partial charge in [-0.1, -0.05) is 23.7 Å². The smallest absolute Gasteiger partial charge is 0.253 e. The molecular formula is C17H14ClN3O2. The van der Waals surface area contributed by atoms with Crippen LogP contribution < -0.4 is 5.32 Å². The Hall–Kier alpha value is -2.66. The van der Waals surface area contributed by atoms with Gasteiger partial charge in [-0.25, -0.2) is 0 Å². The Bertz CT molecular complexity index is 887. The summed E-state index contributed by atoms with van der Waals surface area (Å²) in [4.78, 5) is 28.4. The lowest BCUT2D eigenvalue weighted by atomic mass is 10.1. The molecule has 2 heterocycles. The molecule has 0 unspecified atom stereocenters. The van der Waals surface area contributed by atoms with Crippen molar-refractivity contribution in [3.63, 3.8) is 0 Å². The normalized spacial score (nSPS) is 10.7. The Morgan fingerprint density at radius 2 is 2.09 bits per heavy atom. The highest BCUT2D eigenvalue weighted by atomic mass is 35.5. The molecule has 0 aliphatic carbocycles. The second-order valence-corrected chi connectivity index (χ2v) is 5.53. The van der Waals surface area contributed by atoms with Crippen molar-refractivity contribution >= 4 is 34.3 Å². The lowest BCUT2D eigenvalue weighted by molar-refractivity contribution is 0.0941. The largest absolute Gasteiger partial charge is 0.346 e. The zero-order chi connectivity index (χ0) is 16.4. The number of carbonyl (C=O) groups excluding carboxylic acids is 2. The molecule has 23 heavy (non-hydrogen) atoms. The maximum Gasteiger partial charge on any atom is 0.253 e. The molecule has 0 radical (unpaired) electrons. The second kappa shape index (κ2) is 6.22. The Labute approximate surface area is 137 Å². The fourth-order valence-corrected chi connectivity index (χ4v) is 2.58. The van der Waals surface area contributed by atoms with Crippen LogP contribution in [-0.2, 0) is 6.54 Å². The molecule has 0 fully saturated rings. The van der Waals surface area contributed by atoms with Crippen LogP contribution in [0.5, 0.6) is 0 Å². The summed E-state index contributed by atoms with van der Waals surface area (Å²) in [6.45, 7) is 1.76. The summed E-state index contributed by atoms with van der Waals surface area (Å²) in [6.07, 6.45) is 3.21. The van der Waals surface area contributed by atoms with E-state index in [1.807, 2.05) is 18.2 Å². The molecule has 0 saturated heterocycles. The standard InChI is InChI=1S/C17H14ClN3O2/c1-11(22)21-10-15(14-6-5-12(18)8-16(14)21)17(23)20-9-13-4-2-3-7-19-13/h2-8,10H,9H2,1H3,(H,20,23). The number of nitrogens with zero attached hydrogens (tertiary/aromatic N) is 2. The number of aromatic nitrogens is 2. The van der Waals surface area contributed by atoms with Gasteiger partial charge >= 0.3 is 0 Å². The van der Waals surface area contributed by atoms with Crippen LogP contribution in [-0.4, -0.2) is 21.4 Å². The lowest BCUT2D eigenvalue weighted by Gasteiger charge is -2.03. The van der Waals surface area contributed by atoms with Crippen LogP contribution in [0.4, 0.5) is 0 Å². The lowest BCUT2D eigenvalue weighted by Crippen LogP contribution is -2.23. The minimum atomic E-state index is -0.261. The fourth-order valence-electron chi connectivity index (χ4n) is 2.41. The molecule has 3 rings (SSSR count). The minimum absolute atomic E-state index is 0.180. The number of amides is 1. The van der Waals surface area contributed by atoms with Crippen LogP contribution in [0.15, 0.2) is 48.8 Å². The van der Waals surface area contributed by atoms with Gasteiger partial charge in [0.2, 0.25) is 5.91 Å². The quantitative estimate of drug-likeness (QED) is 0.803. The Balaban J connectivity index is 1.93. The van der Waals surface area contributed by atoms with Gasteiger partial charge in [-0.2, -0.15) is 0 Å². The first-order chi connectivity index (χ1) is 11.1. The van der Waals surface area contributed by atoms with E-state index >= 15 is 0 Å². The predicted octanol–water partition coefficient (Wildman–Crippen LogP) is 3.28. The molecule has 1 aromatic carbocycles. The molecule has 1 amide bonds. The van der Waals surface area contributed by atoms with Crippen molar-refractivity contribution in [1.82, 2.24) is 14.9 Å². The van der Waals surface area contributed by atoms with Gasteiger partial charge in [0, 0.05) is 29.7 Å². The molecular weight excluding hydrogens is 314 g/mol. The van der Waals surface area contributed by atoms with E-state index in [-0.39, 0.29) is 11.8 Å². The first-order valence-electron chi connectivity index (χ1n) is 7.06. The third kappa shape index (κ3) is 3.10. The summed E-state index contributed by atoms with van der Waals surface area (Å²) in [5.41, 5.74) is 1.81. The first kappa shape index (κ1) is 15.2. The number of carbonyl (C=O) groups is 2. The molecule has 0 aliphatic rings. The van der Waals surface area contributed by atoms with Gasteiger partial charge in [-0.3, -0.25) is 19.1 Å². The number of benzene rings is 1. The highest BCUT2D eigenvalue weighted by Gasteiger charge is 2.17. The van der Waals surface area contributed by atoms with Gasteiger partial charge < -0.3 is 5.32 Å². The summed E-state index contributed by atoms with van der Waals surface area (Å²) in [7, 11) is 0. The predicted molar refractivity (Wildman–Crippen MR) is 88.7 cm³/mol. The van der Waals surface area contributed by atoms with Crippen molar-refractivity contribution < 1.29 is 9.59 Å². The Morgan fingerprint density at radius 3 is 2.78 bits per heavy atom.